The Morgan fingerprint density at radius 1 is 1.22 bits per heavy atom. The number of carbonyl (C=O) groups excluding carboxylic acids is 2. The minimum atomic E-state index is -0.981. The molecule has 0 fully saturated rings. The number of unbranched alkanes of at least 4 members (excludes halogenated alkanes) is 1. The van der Waals surface area contributed by atoms with Crippen LogP contribution in [0.5, 0.6) is 0 Å². The third-order valence-electron chi connectivity index (χ3n) is 1.94. The summed E-state index contributed by atoms with van der Waals surface area (Å²) in [5.41, 5.74) is 4.99. The number of carbonyl (C=O) groups is 3. The molecule has 7 nitrogen and oxygen atoms in total. The summed E-state index contributed by atoms with van der Waals surface area (Å²) < 4.78 is 4.88. The van der Waals surface area contributed by atoms with Crippen LogP contribution in [-0.2, 0) is 19.1 Å². The summed E-state index contributed by atoms with van der Waals surface area (Å²) in [5, 5.41) is 10.8. The molecule has 0 aliphatic heterocycles. The standard InChI is InChI=1S/C10H19NO2.C3H5NO.C3H4O2/c1-4-5-6-11-7-8-13-10(12)9(2)3;2*1-2-3(4)5/h11H,2,4-8H2,1,3H3;2H,1H2,(H2,4,5);2H,1H2,(H,4,5). The summed E-state index contributed by atoms with van der Waals surface area (Å²) in [6.07, 6.45) is 4.23. The van der Waals surface area contributed by atoms with Crippen LogP contribution in [0.15, 0.2) is 37.5 Å². The Kier molecular flexibility index (Phi) is 21.8. The van der Waals surface area contributed by atoms with E-state index in [0.29, 0.717) is 12.2 Å². The van der Waals surface area contributed by atoms with Crippen LogP contribution in [0.4, 0.5) is 0 Å². The predicted octanol–water partition coefficient (Wildman–Crippen LogP) is 1.41. The molecule has 0 aromatic rings. The molecule has 23 heavy (non-hydrogen) atoms. The molecule has 4 N–H and O–H groups in total. The Morgan fingerprint density at radius 2 is 1.70 bits per heavy atom. The Bertz CT molecular complexity index is 374. The van der Waals surface area contributed by atoms with Crippen molar-refractivity contribution >= 4 is 17.8 Å². The van der Waals surface area contributed by atoms with E-state index in [1.165, 1.54) is 6.42 Å². The predicted molar refractivity (Wildman–Crippen MR) is 90.8 cm³/mol. The molecule has 0 spiro atoms. The number of amides is 1. The average Bonchev–Trinajstić information content (AvgIpc) is 2.51. The van der Waals surface area contributed by atoms with E-state index in [4.69, 9.17) is 9.84 Å². The summed E-state index contributed by atoms with van der Waals surface area (Å²) in [4.78, 5) is 29.6. The average molecular weight is 328 g/mol. The fourth-order valence-electron chi connectivity index (χ4n) is 0.766. The number of carboxylic acid groups (broad SMARTS) is 1. The van der Waals surface area contributed by atoms with Crippen molar-refractivity contribution in [1.29, 1.82) is 0 Å². The van der Waals surface area contributed by atoms with Crippen molar-refractivity contribution in [2.45, 2.75) is 26.7 Å². The van der Waals surface area contributed by atoms with Crippen molar-refractivity contribution in [3.8, 4) is 0 Å². The number of rotatable bonds is 9. The summed E-state index contributed by atoms with van der Waals surface area (Å²) >= 11 is 0. The molecule has 0 aliphatic carbocycles. The molecule has 0 bridgehead atoms. The zero-order valence-corrected chi connectivity index (χ0v) is 14.0. The van der Waals surface area contributed by atoms with E-state index < -0.39 is 11.9 Å². The second-order valence-corrected chi connectivity index (χ2v) is 4.17. The van der Waals surface area contributed by atoms with E-state index in [1.54, 1.807) is 6.92 Å². The zero-order valence-electron chi connectivity index (χ0n) is 14.0. The van der Waals surface area contributed by atoms with Gasteiger partial charge in [0, 0.05) is 18.2 Å². The molecule has 0 aromatic carbocycles. The lowest BCUT2D eigenvalue weighted by Gasteiger charge is -2.05. The van der Waals surface area contributed by atoms with Gasteiger partial charge in [-0.3, -0.25) is 4.79 Å². The van der Waals surface area contributed by atoms with Crippen molar-refractivity contribution in [1.82, 2.24) is 5.32 Å². The van der Waals surface area contributed by atoms with Gasteiger partial charge in [0.1, 0.15) is 6.61 Å². The summed E-state index contributed by atoms with van der Waals surface area (Å²) in [6.45, 7) is 15.5. The molecule has 0 radical (unpaired) electrons. The monoisotopic (exact) mass is 328 g/mol. The molecule has 0 saturated carbocycles. The molecular formula is C16H28N2O5. The van der Waals surface area contributed by atoms with E-state index in [2.05, 4.69) is 37.7 Å². The fraction of sp³-hybridized carbons (Fsp3) is 0.438. The number of hydrogen-bond donors (Lipinski definition) is 3. The highest BCUT2D eigenvalue weighted by Crippen LogP contribution is 1.90. The zero-order chi connectivity index (χ0) is 18.7. The van der Waals surface area contributed by atoms with Gasteiger partial charge in [-0.05, 0) is 26.0 Å². The lowest BCUT2D eigenvalue weighted by atomic mass is 10.3. The second kappa shape index (κ2) is 19.6. The molecule has 0 aromatic heterocycles. The van der Waals surface area contributed by atoms with Crippen LogP contribution in [-0.4, -0.2) is 42.6 Å². The van der Waals surface area contributed by atoms with Gasteiger partial charge in [0.25, 0.3) is 0 Å². The van der Waals surface area contributed by atoms with Crippen LogP contribution in [0.3, 0.4) is 0 Å². The molecule has 7 heteroatoms. The number of primary amides is 1. The lowest BCUT2D eigenvalue weighted by molar-refractivity contribution is -0.138. The molecule has 0 unspecified atom stereocenters. The van der Waals surface area contributed by atoms with Gasteiger partial charge < -0.3 is 20.9 Å². The first-order chi connectivity index (χ1) is 10.7. The fourth-order valence-corrected chi connectivity index (χ4v) is 0.766. The third kappa shape index (κ3) is 32.8. The van der Waals surface area contributed by atoms with Gasteiger partial charge in [0.15, 0.2) is 0 Å². The number of nitrogens with two attached hydrogens (primary N) is 1. The van der Waals surface area contributed by atoms with Crippen LogP contribution in [0, 0.1) is 0 Å². The van der Waals surface area contributed by atoms with Gasteiger partial charge in [-0.1, -0.05) is 33.1 Å². The molecule has 0 atom stereocenters. The Labute approximate surface area is 137 Å². The highest BCUT2D eigenvalue weighted by atomic mass is 16.5. The molecule has 0 rings (SSSR count). The smallest absolute Gasteiger partial charge is 0.333 e. The Balaban J connectivity index is -0.000000329. The number of carboxylic acids is 1. The maximum Gasteiger partial charge on any atom is 0.333 e. The van der Waals surface area contributed by atoms with Crippen molar-refractivity contribution in [3.63, 3.8) is 0 Å². The van der Waals surface area contributed by atoms with E-state index in [0.717, 1.165) is 31.7 Å². The van der Waals surface area contributed by atoms with E-state index in [-0.39, 0.29) is 5.97 Å². The largest absolute Gasteiger partial charge is 0.478 e. The molecular weight excluding hydrogens is 300 g/mol. The Hall–Kier alpha value is -2.41. The first-order valence-corrected chi connectivity index (χ1v) is 7.03. The highest BCUT2D eigenvalue weighted by molar-refractivity contribution is 5.86. The van der Waals surface area contributed by atoms with E-state index >= 15 is 0 Å². The van der Waals surface area contributed by atoms with Gasteiger partial charge >= 0.3 is 11.9 Å². The summed E-state index contributed by atoms with van der Waals surface area (Å²) in [7, 11) is 0. The van der Waals surface area contributed by atoms with Crippen LogP contribution in [0.2, 0.25) is 0 Å². The van der Waals surface area contributed by atoms with Gasteiger partial charge in [-0.15, -0.1) is 0 Å². The normalized spacial score (nSPS) is 8.26. The third-order valence-corrected chi connectivity index (χ3v) is 1.94. The van der Waals surface area contributed by atoms with Crippen molar-refractivity contribution in [2.75, 3.05) is 19.7 Å². The summed E-state index contributed by atoms with van der Waals surface area (Å²) in [5.74, 6) is -1.77. The first kappa shape index (κ1) is 25.5. The minimum absolute atomic E-state index is 0.308. The van der Waals surface area contributed by atoms with Crippen molar-refractivity contribution < 1.29 is 24.2 Å². The first-order valence-electron chi connectivity index (χ1n) is 7.03. The van der Waals surface area contributed by atoms with Gasteiger partial charge in [-0.2, -0.15) is 0 Å². The van der Waals surface area contributed by atoms with Crippen LogP contribution in [0.25, 0.3) is 0 Å². The van der Waals surface area contributed by atoms with E-state index in [1.807, 2.05) is 0 Å². The maximum absolute atomic E-state index is 10.9. The van der Waals surface area contributed by atoms with Gasteiger partial charge in [0.05, 0.1) is 0 Å². The minimum Gasteiger partial charge on any atom is -0.478 e. The van der Waals surface area contributed by atoms with Crippen molar-refractivity contribution in [3.05, 3.63) is 37.5 Å². The SMILES string of the molecule is C=C(C)C(=O)OCCNCCCC.C=CC(=O)O.C=CC(N)=O. The van der Waals surface area contributed by atoms with Gasteiger partial charge in [-0.25, -0.2) is 9.59 Å². The topological polar surface area (TPSA) is 119 Å². The van der Waals surface area contributed by atoms with Crippen molar-refractivity contribution in [2.24, 2.45) is 5.73 Å². The molecule has 1 amide bonds. The van der Waals surface area contributed by atoms with Crippen LogP contribution in [0.1, 0.15) is 26.7 Å². The number of esters is 1. The highest BCUT2D eigenvalue weighted by Gasteiger charge is 2.00. The molecule has 0 saturated heterocycles. The molecule has 132 valence electrons. The number of hydrogen-bond acceptors (Lipinski definition) is 5. The quantitative estimate of drug-likeness (QED) is 0.334. The van der Waals surface area contributed by atoms with Gasteiger partial charge in [0.2, 0.25) is 5.91 Å². The lowest BCUT2D eigenvalue weighted by Crippen LogP contribution is -2.22. The summed E-state index contributed by atoms with van der Waals surface area (Å²) in [6, 6.07) is 0. The molecule has 0 aliphatic rings. The van der Waals surface area contributed by atoms with E-state index in [9.17, 15) is 14.4 Å². The molecule has 0 heterocycles. The number of nitrogens with one attached hydrogen (secondary N) is 1. The van der Waals surface area contributed by atoms with Crippen LogP contribution >= 0.6 is 0 Å². The number of aliphatic carboxylic acids is 1. The van der Waals surface area contributed by atoms with Crippen LogP contribution < -0.4 is 11.1 Å². The Morgan fingerprint density at radius 3 is 2.00 bits per heavy atom. The second-order valence-electron chi connectivity index (χ2n) is 4.17. The maximum atomic E-state index is 10.9. The number of ether oxygens (including phenoxy) is 1.